The fourth-order valence-corrected chi connectivity index (χ4v) is 2.75. The summed E-state index contributed by atoms with van der Waals surface area (Å²) in [5, 5.41) is 16.5. The molecule has 28 heavy (non-hydrogen) atoms. The molecule has 0 aliphatic rings. The molecule has 0 radical (unpaired) electrons. The smallest absolute Gasteiger partial charge is 0.387 e. The summed E-state index contributed by atoms with van der Waals surface area (Å²) < 4.78 is 35.8. The van der Waals surface area contributed by atoms with Crippen molar-refractivity contribution < 1.29 is 28.0 Å². The van der Waals surface area contributed by atoms with E-state index in [9.17, 15) is 23.7 Å². The standard InChI is InChI=1S/C17H16BrF2N3O5/c1-3-21-16(24)15-13(27-2)7-10(8-14(15)28-17(19)20)22-11-5-4-9(18)6-12(11)23(25)26/h4-8,17,22H,3H2,1-2H3,(H,21,24). The van der Waals surface area contributed by atoms with Crippen LogP contribution in [0.15, 0.2) is 34.8 Å². The van der Waals surface area contributed by atoms with Crippen LogP contribution in [-0.2, 0) is 0 Å². The number of amides is 1. The van der Waals surface area contributed by atoms with Crippen LogP contribution in [0.25, 0.3) is 0 Å². The lowest BCUT2D eigenvalue weighted by molar-refractivity contribution is -0.384. The van der Waals surface area contributed by atoms with Gasteiger partial charge in [0.1, 0.15) is 22.7 Å². The Kier molecular flexibility index (Phi) is 7.10. The van der Waals surface area contributed by atoms with E-state index in [0.29, 0.717) is 4.47 Å². The van der Waals surface area contributed by atoms with Crippen molar-refractivity contribution in [1.82, 2.24) is 5.32 Å². The van der Waals surface area contributed by atoms with E-state index in [1.807, 2.05) is 0 Å². The Morgan fingerprint density at radius 3 is 2.54 bits per heavy atom. The van der Waals surface area contributed by atoms with Crippen molar-refractivity contribution in [3.8, 4) is 11.5 Å². The Labute approximate surface area is 167 Å². The molecule has 0 unspecified atom stereocenters. The molecule has 0 bridgehead atoms. The zero-order valence-corrected chi connectivity index (χ0v) is 16.4. The van der Waals surface area contributed by atoms with Crippen LogP contribution in [0.5, 0.6) is 11.5 Å². The third-order valence-electron chi connectivity index (χ3n) is 3.50. The molecule has 0 atom stereocenters. The molecule has 0 saturated heterocycles. The van der Waals surface area contributed by atoms with Crippen LogP contribution in [-0.4, -0.2) is 31.1 Å². The van der Waals surface area contributed by atoms with Gasteiger partial charge < -0.3 is 20.1 Å². The summed E-state index contributed by atoms with van der Waals surface area (Å²) in [4.78, 5) is 22.9. The molecule has 1 amide bonds. The van der Waals surface area contributed by atoms with Crippen LogP contribution in [0.4, 0.5) is 25.8 Å². The normalized spacial score (nSPS) is 10.5. The number of rotatable bonds is 8. The van der Waals surface area contributed by atoms with E-state index in [1.165, 1.54) is 25.3 Å². The van der Waals surface area contributed by atoms with Gasteiger partial charge in [-0.1, -0.05) is 15.9 Å². The average Bonchev–Trinajstić information content (AvgIpc) is 2.62. The topological polar surface area (TPSA) is 103 Å². The number of benzene rings is 2. The van der Waals surface area contributed by atoms with Crippen molar-refractivity contribution in [2.75, 3.05) is 19.0 Å². The van der Waals surface area contributed by atoms with Crippen molar-refractivity contribution in [3.63, 3.8) is 0 Å². The Balaban J connectivity index is 2.54. The first kappa shape index (κ1) is 21.4. The fraction of sp³-hybridized carbons (Fsp3) is 0.235. The minimum Gasteiger partial charge on any atom is -0.496 e. The monoisotopic (exact) mass is 459 g/mol. The lowest BCUT2D eigenvalue weighted by atomic mass is 10.1. The number of nitrogens with one attached hydrogen (secondary N) is 2. The van der Waals surface area contributed by atoms with Gasteiger partial charge in [0, 0.05) is 34.9 Å². The number of methoxy groups -OCH3 is 1. The van der Waals surface area contributed by atoms with Crippen LogP contribution < -0.4 is 20.1 Å². The van der Waals surface area contributed by atoms with E-state index in [0.717, 1.165) is 6.07 Å². The molecule has 150 valence electrons. The molecule has 8 nitrogen and oxygen atoms in total. The van der Waals surface area contributed by atoms with Crippen molar-refractivity contribution in [2.45, 2.75) is 13.5 Å². The van der Waals surface area contributed by atoms with Gasteiger partial charge in [0.25, 0.3) is 11.6 Å². The Morgan fingerprint density at radius 2 is 1.96 bits per heavy atom. The van der Waals surface area contributed by atoms with Crippen LogP contribution in [0.3, 0.4) is 0 Å². The molecule has 0 aliphatic carbocycles. The van der Waals surface area contributed by atoms with Crippen molar-refractivity contribution in [3.05, 3.63) is 50.5 Å². The van der Waals surface area contributed by atoms with Crippen LogP contribution >= 0.6 is 15.9 Å². The summed E-state index contributed by atoms with van der Waals surface area (Å²) in [7, 11) is 1.26. The Bertz CT molecular complexity index is 895. The first-order valence-corrected chi connectivity index (χ1v) is 8.72. The highest BCUT2D eigenvalue weighted by Gasteiger charge is 2.23. The number of nitro groups is 1. The maximum absolute atomic E-state index is 12.8. The van der Waals surface area contributed by atoms with Gasteiger partial charge in [-0.15, -0.1) is 0 Å². The number of nitro benzene ring substituents is 1. The van der Waals surface area contributed by atoms with E-state index < -0.39 is 23.2 Å². The number of ether oxygens (including phenoxy) is 2. The highest BCUT2D eigenvalue weighted by molar-refractivity contribution is 9.10. The summed E-state index contributed by atoms with van der Waals surface area (Å²) >= 11 is 3.15. The molecule has 0 aromatic heterocycles. The predicted molar refractivity (Wildman–Crippen MR) is 102 cm³/mol. The van der Waals surface area contributed by atoms with Gasteiger partial charge in [0.2, 0.25) is 0 Å². The number of hydrogen-bond donors (Lipinski definition) is 2. The quantitative estimate of drug-likeness (QED) is 0.446. The number of alkyl halides is 2. The van der Waals surface area contributed by atoms with Gasteiger partial charge in [-0.25, -0.2) is 0 Å². The summed E-state index contributed by atoms with van der Waals surface area (Å²) in [5.74, 6) is -1.12. The van der Waals surface area contributed by atoms with E-state index in [4.69, 9.17) is 4.74 Å². The zero-order valence-electron chi connectivity index (χ0n) is 14.8. The number of anilines is 2. The highest BCUT2D eigenvalue weighted by atomic mass is 79.9. The second-order valence-corrected chi connectivity index (χ2v) is 6.25. The van der Waals surface area contributed by atoms with Gasteiger partial charge in [0.15, 0.2) is 0 Å². The Morgan fingerprint density at radius 1 is 1.29 bits per heavy atom. The highest BCUT2D eigenvalue weighted by Crippen LogP contribution is 2.37. The Hall–Kier alpha value is -2.95. The largest absolute Gasteiger partial charge is 0.496 e. The number of carbonyl (C=O) groups excluding carboxylic acids is 1. The molecular formula is C17H16BrF2N3O5. The number of carbonyl (C=O) groups is 1. The van der Waals surface area contributed by atoms with Crippen LogP contribution in [0, 0.1) is 10.1 Å². The molecule has 2 N–H and O–H groups in total. The van der Waals surface area contributed by atoms with Crippen molar-refractivity contribution in [1.29, 1.82) is 0 Å². The van der Waals surface area contributed by atoms with Gasteiger partial charge in [-0.3, -0.25) is 14.9 Å². The first-order chi connectivity index (χ1) is 13.3. The minimum absolute atomic E-state index is 0.0358. The van der Waals surface area contributed by atoms with Gasteiger partial charge >= 0.3 is 6.61 Å². The SMILES string of the molecule is CCNC(=O)c1c(OC)cc(Nc2ccc(Br)cc2[N+](=O)[O-])cc1OC(F)F. The second-order valence-electron chi connectivity index (χ2n) is 5.33. The van der Waals surface area contributed by atoms with E-state index in [2.05, 4.69) is 31.3 Å². The van der Waals surface area contributed by atoms with Gasteiger partial charge in [0.05, 0.1) is 12.0 Å². The summed E-state index contributed by atoms with van der Waals surface area (Å²) in [6.07, 6.45) is 0. The third-order valence-corrected chi connectivity index (χ3v) is 4.00. The zero-order chi connectivity index (χ0) is 20.8. The molecule has 0 heterocycles. The second kappa shape index (κ2) is 9.31. The van der Waals surface area contributed by atoms with Crippen LogP contribution in [0.2, 0.25) is 0 Å². The molecule has 0 aliphatic heterocycles. The lowest BCUT2D eigenvalue weighted by Crippen LogP contribution is -2.24. The molecule has 0 fully saturated rings. The molecule has 0 spiro atoms. The first-order valence-electron chi connectivity index (χ1n) is 7.92. The molecule has 2 aromatic rings. The third kappa shape index (κ3) is 5.06. The molecule has 2 rings (SSSR count). The molecule has 2 aromatic carbocycles. The number of halogens is 3. The summed E-state index contributed by atoms with van der Waals surface area (Å²) in [5.41, 5.74) is -0.173. The molecule has 11 heteroatoms. The van der Waals surface area contributed by atoms with Crippen LogP contribution in [0.1, 0.15) is 17.3 Å². The fourth-order valence-electron chi connectivity index (χ4n) is 2.40. The van der Waals surface area contributed by atoms with E-state index in [-0.39, 0.29) is 34.9 Å². The van der Waals surface area contributed by atoms with Gasteiger partial charge in [-0.05, 0) is 19.1 Å². The van der Waals surface area contributed by atoms with Crippen molar-refractivity contribution >= 4 is 38.9 Å². The number of nitrogens with zero attached hydrogens (tertiary/aromatic N) is 1. The lowest BCUT2D eigenvalue weighted by Gasteiger charge is -2.17. The minimum atomic E-state index is -3.19. The summed E-state index contributed by atoms with van der Waals surface area (Å²) in [6, 6.07) is 6.81. The van der Waals surface area contributed by atoms with E-state index in [1.54, 1.807) is 13.0 Å². The molecular weight excluding hydrogens is 444 g/mol. The van der Waals surface area contributed by atoms with Crippen molar-refractivity contribution in [2.24, 2.45) is 0 Å². The van der Waals surface area contributed by atoms with E-state index >= 15 is 0 Å². The summed E-state index contributed by atoms with van der Waals surface area (Å²) in [6.45, 7) is -1.25. The maximum Gasteiger partial charge on any atom is 0.387 e. The van der Waals surface area contributed by atoms with Gasteiger partial charge in [-0.2, -0.15) is 8.78 Å². The predicted octanol–water partition coefficient (Wildman–Crippen LogP) is 4.46. The average molecular weight is 460 g/mol. The maximum atomic E-state index is 12.8. The molecule has 0 saturated carbocycles. The number of hydrogen-bond acceptors (Lipinski definition) is 6.